The first kappa shape index (κ1) is 16.9. The fourth-order valence-corrected chi connectivity index (χ4v) is 2.69. The third-order valence-corrected chi connectivity index (χ3v) is 4.05. The summed E-state index contributed by atoms with van der Waals surface area (Å²) in [7, 11) is -1.68. The third kappa shape index (κ3) is 6.88. The summed E-state index contributed by atoms with van der Waals surface area (Å²) in [5.41, 5.74) is 0.938. The van der Waals surface area contributed by atoms with E-state index in [1.54, 1.807) is 7.11 Å². The SMILES string of the molecule is COc1cccc(CCS(=O)(=O)NCCOC(C)C)c1. The third-order valence-electron chi connectivity index (χ3n) is 2.67. The second-order valence-electron chi connectivity index (χ2n) is 4.73. The van der Waals surface area contributed by atoms with E-state index >= 15 is 0 Å². The van der Waals surface area contributed by atoms with E-state index in [4.69, 9.17) is 9.47 Å². The number of hydrogen-bond donors (Lipinski definition) is 1. The molecule has 0 aliphatic carbocycles. The number of rotatable bonds is 9. The van der Waals surface area contributed by atoms with Crippen molar-refractivity contribution in [2.45, 2.75) is 26.4 Å². The molecule has 0 aromatic heterocycles. The first-order valence-corrected chi connectivity index (χ1v) is 8.30. The van der Waals surface area contributed by atoms with E-state index in [-0.39, 0.29) is 11.9 Å². The van der Waals surface area contributed by atoms with Crippen molar-refractivity contribution in [2.24, 2.45) is 0 Å². The number of aryl methyl sites for hydroxylation is 1. The maximum Gasteiger partial charge on any atom is 0.211 e. The molecule has 0 spiro atoms. The van der Waals surface area contributed by atoms with Crippen molar-refractivity contribution in [3.8, 4) is 5.75 Å². The Labute approximate surface area is 121 Å². The van der Waals surface area contributed by atoms with E-state index in [1.165, 1.54) is 0 Å². The molecule has 1 rings (SSSR count). The Balaban J connectivity index is 2.38. The van der Waals surface area contributed by atoms with Gasteiger partial charge < -0.3 is 9.47 Å². The molecule has 1 aromatic carbocycles. The predicted octanol–water partition coefficient (Wildman–Crippen LogP) is 1.58. The van der Waals surface area contributed by atoms with Gasteiger partial charge in [0.25, 0.3) is 0 Å². The van der Waals surface area contributed by atoms with Crippen LogP contribution in [0.5, 0.6) is 5.75 Å². The molecule has 0 unspecified atom stereocenters. The molecule has 1 aromatic rings. The molecule has 0 radical (unpaired) electrons. The Morgan fingerprint density at radius 2 is 2.05 bits per heavy atom. The van der Waals surface area contributed by atoms with E-state index in [1.807, 2.05) is 38.1 Å². The van der Waals surface area contributed by atoms with Crippen LogP contribution in [0.2, 0.25) is 0 Å². The van der Waals surface area contributed by atoms with E-state index < -0.39 is 10.0 Å². The van der Waals surface area contributed by atoms with Crippen LogP contribution in [-0.4, -0.2) is 40.5 Å². The lowest BCUT2D eigenvalue weighted by Crippen LogP contribution is -2.30. The molecule has 5 nitrogen and oxygen atoms in total. The summed E-state index contributed by atoms with van der Waals surface area (Å²) in [6, 6.07) is 7.42. The van der Waals surface area contributed by atoms with Gasteiger partial charge in [-0.1, -0.05) is 12.1 Å². The van der Waals surface area contributed by atoms with Crippen molar-refractivity contribution in [1.29, 1.82) is 0 Å². The summed E-state index contributed by atoms with van der Waals surface area (Å²) in [5, 5.41) is 0. The number of benzene rings is 1. The van der Waals surface area contributed by atoms with Crippen molar-refractivity contribution in [1.82, 2.24) is 4.72 Å². The molecule has 0 saturated carbocycles. The topological polar surface area (TPSA) is 64.6 Å². The van der Waals surface area contributed by atoms with Crippen LogP contribution in [0.4, 0.5) is 0 Å². The van der Waals surface area contributed by atoms with E-state index in [2.05, 4.69) is 4.72 Å². The van der Waals surface area contributed by atoms with Gasteiger partial charge in [0.05, 0.1) is 25.6 Å². The molecule has 0 fully saturated rings. The van der Waals surface area contributed by atoms with Gasteiger partial charge in [-0.05, 0) is 38.0 Å². The van der Waals surface area contributed by atoms with Crippen molar-refractivity contribution in [3.05, 3.63) is 29.8 Å². The van der Waals surface area contributed by atoms with Gasteiger partial charge in [0, 0.05) is 6.54 Å². The Bertz CT molecular complexity index is 500. The fraction of sp³-hybridized carbons (Fsp3) is 0.571. The van der Waals surface area contributed by atoms with Gasteiger partial charge in [0.1, 0.15) is 5.75 Å². The van der Waals surface area contributed by atoms with Crippen molar-refractivity contribution >= 4 is 10.0 Å². The molecule has 0 atom stereocenters. The van der Waals surface area contributed by atoms with Crippen LogP contribution in [0.3, 0.4) is 0 Å². The molecule has 0 heterocycles. The Morgan fingerprint density at radius 3 is 2.70 bits per heavy atom. The lowest BCUT2D eigenvalue weighted by molar-refractivity contribution is 0.0834. The minimum atomic E-state index is -3.27. The Morgan fingerprint density at radius 1 is 1.30 bits per heavy atom. The molecule has 0 aliphatic rings. The second-order valence-corrected chi connectivity index (χ2v) is 6.66. The van der Waals surface area contributed by atoms with E-state index in [9.17, 15) is 8.42 Å². The van der Waals surface area contributed by atoms with Crippen molar-refractivity contribution in [3.63, 3.8) is 0 Å². The minimum absolute atomic E-state index is 0.0574. The van der Waals surface area contributed by atoms with Crippen LogP contribution in [0, 0.1) is 0 Å². The Kier molecular flexibility index (Phi) is 6.98. The van der Waals surface area contributed by atoms with Crippen LogP contribution >= 0.6 is 0 Å². The zero-order valence-corrected chi connectivity index (χ0v) is 13.1. The highest BCUT2D eigenvalue weighted by molar-refractivity contribution is 7.89. The quantitative estimate of drug-likeness (QED) is 0.703. The highest BCUT2D eigenvalue weighted by atomic mass is 32.2. The zero-order valence-electron chi connectivity index (χ0n) is 12.3. The number of methoxy groups -OCH3 is 1. The summed E-state index contributed by atoms with van der Waals surface area (Å²) >= 11 is 0. The first-order chi connectivity index (χ1) is 9.43. The molecule has 0 amide bonds. The fourth-order valence-electron chi connectivity index (χ4n) is 1.64. The molecular formula is C14H23NO4S. The standard InChI is InChI=1S/C14H23NO4S/c1-12(2)19-9-8-15-20(16,17)10-7-13-5-4-6-14(11-13)18-3/h4-6,11-12,15H,7-10H2,1-3H3. The Hall–Kier alpha value is -1.11. The molecule has 0 bridgehead atoms. The molecule has 0 aliphatic heterocycles. The summed E-state index contributed by atoms with van der Waals surface area (Å²) in [6.07, 6.45) is 0.564. The van der Waals surface area contributed by atoms with Crippen molar-refractivity contribution < 1.29 is 17.9 Å². The van der Waals surface area contributed by atoms with Gasteiger partial charge in [-0.25, -0.2) is 13.1 Å². The first-order valence-electron chi connectivity index (χ1n) is 6.65. The molecular weight excluding hydrogens is 278 g/mol. The van der Waals surface area contributed by atoms with Crippen molar-refractivity contribution in [2.75, 3.05) is 26.0 Å². The number of ether oxygens (including phenoxy) is 2. The normalized spacial score (nSPS) is 11.8. The summed E-state index contributed by atoms with van der Waals surface area (Å²) in [5.74, 6) is 0.792. The predicted molar refractivity (Wildman–Crippen MR) is 79.6 cm³/mol. The maximum atomic E-state index is 11.8. The lowest BCUT2D eigenvalue weighted by atomic mass is 10.2. The lowest BCUT2D eigenvalue weighted by Gasteiger charge is -2.09. The molecule has 20 heavy (non-hydrogen) atoms. The summed E-state index contributed by atoms with van der Waals surface area (Å²) in [4.78, 5) is 0. The molecule has 0 saturated heterocycles. The van der Waals surface area contributed by atoms with E-state index in [0.29, 0.717) is 19.6 Å². The van der Waals surface area contributed by atoms with Crippen LogP contribution in [0.1, 0.15) is 19.4 Å². The van der Waals surface area contributed by atoms with Crippen LogP contribution in [0.25, 0.3) is 0 Å². The van der Waals surface area contributed by atoms with Gasteiger partial charge in [0.2, 0.25) is 10.0 Å². The van der Waals surface area contributed by atoms with Crippen LogP contribution in [0.15, 0.2) is 24.3 Å². The zero-order chi connectivity index (χ0) is 15.0. The molecule has 114 valence electrons. The minimum Gasteiger partial charge on any atom is -0.497 e. The number of nitrogens with one attached hydrogen (secondary N) is 1. The highest BCUT2D eigenvalue weighted by Crippen LogP contribution is 2.13. The maximum absolute atomic E-state index is 11.8. The monoisotopic (exact) mass is 301 g/mol. The molecule has 1 N–H and O–H groups in total. The second kappa shape index (κ2) is 8.24. The van der Waals surface area contributed by atoms with Crippen LogP contribution in [-0.2, 0) is 21.2 Å². The molecule has 6 heteroatoms. The highest BCUT2D eigenvalue weighted by Gasteiger charge is 2.10. The van der Waals surface area contributed by atoms with E-state index in [0.717, 1.165) is 11.3 Å². The van der Waals surface area contributed by atoms with Gasteiger partial charge in [-0.2, -0.15) is 0 Å². The largest absolute Gasteiger partial charge is 0.497 e. The van der Waals surface area contributed by atoms with Crippen LogP contribution < -0.4 is 9.46 Å². The van der Waals surface area contributed by atoms with Gasteiger partial charge in [-0.15, -0.1) is 0 Å². The average molecular weight is 301 g/mol. The summed E-state index contributed by atoms with van der Waals surface area (Å²) < 4.78 is 36.5. The average Bonchev–Trinajstić information content (AvgIpc) is 2.42. The number of sulfonamides is 1. The van der Waals surface area contributed by atoms with Gasteiger partial charge in [0.15, 0.2) is 0 Å². The smallest absolute Gasteiger partial charge is 0.211 e. The number of hydrogen-bond acceptors (Lipinski definition) is 4. The van der Waals surface area contributed by atoms with Gasteiger partial charge in [-0.3, -0.25) is 0 Å². The van der Waals surface area contributed by atoms with Gasteiger partial charge >= 0.3 is 0 Å². The summed E-state index contributed by atoms with van der Waals surface area (Å²) in [6.45, 7) is 4.52.